The first-order chi connectivity index (χ1) is 11.7. The number of rotatable bonds is 3. The number of aromatic amines is 2. The van der Waals surface area contributed by atoms with Crippen molar-refractivity contribution in [1.82, 2.24) is 25.1 Å². The number of fused-ring (bicyclic) bond motifs is 2. The quantitative estimate of drug-likeness (QED) is 0.674. The number of nitrogens with one attached hydrogen (secondary N) is 3. The average molecular weight is 324 g/mol. The minimum absolute atomic E-state index is 0.206. The highest BCUT2D eigenvalue weighted by Crippen LogP contribution is 2.30. The predicted molar refractivity (Wildman–Crippen MR) is 86.9 cm³/mol. The summed E-state index contributed by atoms with van der Waals surface area (Å²) in [4.78, 5) is 22.6. The molecule has 3 N–H and O–H groups in total. The largest absolute Gasteiger partial charge is 0.487 e. The first-order valence-corrected chi connectivity index (χ1v) is 7.65. The Labute approximate surface area is 137 Å². The zero-order valence-electron chi connectivity index (χ0n) is 13.0. The van der Waals surface area contributed by atoms with Gasteiger partial charge in [-0.3, -0.25) is 4.98 Å². The molecule has 0 fully saturated rings. The number of H-pyrrole nitrogens is 2. The van der Waals surface area contributed by atoms with Gasteiger partial charge in [0.25, 0.3) is 0 Å². The second-order valence-electron chi connectivity index (χ2n) is 5.65. The van der Waals surface area contributed by atoms with Crippen molar-refractivity contribution in [3.8, 4) is 5.75 Å². The lowest BCUT2D eigenvalue weighted by Gasteiger charge is -2.15. The van der Waals surface area contributed by atoms with Gasteiger partial charge in [-0.2, -0.15) is 5.10 Å². The smallest absolute Gasteiger partial charge is 0.340 e. The van der Waals surface area contributed by atoms with Crippen LogP contribution < -0.4 is 15.7 Å². The van der Waals surface area contributed by atoms with E-state index in [9.17, 15) is 4.79 Å². The van der Waals surface area contributed by atoms with Gasteiger partial charge in [-0.1, -0.05) is 18.2 Å². The number of hydrogen-bond acceptors (Lipinski definition) is 6. The molecule has 8 nitrogen and oxygen atoms in total. The van der Waals surface area contributed by atoms with E-state index in [1.165, 1.54) is 6.33 Å². The predicted octanol–water partition coefficient (Wildman–Crippen LogP) is 1.54. The molecule has 0 radical (unpaired) electrons. The fourth-order valence-electron chi connectivity index (χ4n) is 2.77. The SMILES string of the molecule is C[C@@H](Nc1ncnc2c1Cc1ccccc1OC2)c1n[nH]c(=O)[nH]1. The zero-order chi connectivity index (χ0) is 16.5. The van der Waals surface area contributed by atoms with Gasteiger partial charge in [-0.15, -0.1) is 0 Å². The van der Waals surface area contributed by atoms with E-state index in [1.807, 2.05) is 31.2 Å². The number of anilines is 1. The molecule has 0 amide bonds. The van der Waals surface area contributed by atoms with E-state index in [4.69, 9.17) is 4.74 Å². The fourth-order valence-corrected chi connectivity index (χ4v) is 2.77. The summed E-state index contributed by atoms with van der Waals surface area (Å²) in [5.74, 6) is 2.11. The molecule has 1 aliphatic heterocycles. The van der Waals surface area contributed by atoms with Gasteiger partial charge in [0.1, 0.15) is 24.5 Å². The number of hydrogen-bond donors (Lipinski definition) is 3. The van der Waals surface area contributed by atoms with Crippen LogP contribution in [-0.2, 0) is 13.0 Å². The highest BCUT2D eigenvalue weighted by molar-refractivity contribution is 5.52. The maximum atomic E-state index is 11.2. The van der Waals surface area contributed by atoms with E-state index in [-0.39, 0.29) is 11.7 Å². The molecule has 0 unspecified atom stereocenters. The summed E-state index contributed by atoms with van der Waals surface area (Å²) in [6, 6.07) is 7.73. The van der Waals surface area contributed by atoms with E-state index >= 15 is 0 Å². The summed E-state index contributed by atoms with van der Waals surface area (Å²) in [7, 11) is 0. The first kappa shape index (κ1) is 14.4. The number of nitrogens with zero attached hydrogens (tertiary/aromatic N) is 3. The van der Waals surface area contributed by atoms with Crippen LogP contribution in [0.1, 0.15) is 35.6 Å². The van der Waals surface area contributed by atoms with Crippen LogP contribution in [0, 0.1) is 0 Å². The topological polar surface area (TPSA) is 109 Å². The molecule has 4 rings (SSSR count). The summed E-state index contributed by atoms with van der Waals surface area (Å²) < 4.78 is 5.84. The van der Waals surface area contributed by atoms with Gasteiger partial charge in [0, 0.05) is 12.0 Å². The molecule has 2 aromatic heterocycles. The van der Waals surface area contributed by atoms with Crippen molar-refractivity contribution in [3.63, 3.8) is 0 Å². The third kappa shape index (κ3) is 2.62. The minimum atomic E-state index is -0.331. The van der Waals surface area contributed by atoms with Crippen molar-refractivity contribution >= 4 is 5.82 Å². The second kappa shape index (κ2) is 5.80. The Morgan fingerprint density at radius 1 is 1.29 bits per heavy atom. The minimum Gasteiger partial charge on any atom is -0.487 e. The molecule has 24 heavy (non-hydrogen) atoms. The molecule has 0 saturated carbocycles. The highest BCUT2D eigenvalue weighted by atomic mass is 16.5. The van der Waals surface area contributed by atoms with Gasteiger partial charge in [-0.25, -0.2) is 19.9 Å². The molecular weight excluding hydrogens is 308 g/mol. The molecule has 3 heterocycles. The molecule has 0 saturated heterocycles. The van der Waals surface area contributed by atoms with Crippen LogP contribution in [0.2, 0.25) is 0 Å². The maximum Gasteiger partial charge on any atom is 0.340 e. The molecule has 1 atom stereocenters. The summed E-state index contributed by atoms with van der Waals surface area (Å²) in [6.45, 7) is 2.30. The molecule has 1 aromatic carbocycles. The van der Waals surface area contributed by atoms with Crippen LogP contribution in [0.25, 0.3) is 0 Å². The molecule has 0 bridgehead atoms. The van der Waals surface area contributed by atoms with Crippen LogP contribution in [0.15, 0.2) is 35.4 Å². The van der Waals surface area contributed by atoms with E-state index in [2.05, 4.69) is 30.5 Å². The number of ether oxygens (including phenoxy) is 1. The zero-order valence-corrected chi connectivity index (χ0v) is 13.0. The summed E-state index contributed by atoms with van der Waals surface area (Å²) in [6.07, 6.45) is 2.19. The van der Waals surface area contributed by atoms with E-state index in [0.29, 0.717) is 18.9 Å². The van der Waals surface area contributed by atoms with Gasteiger partial charge < -0.3 is 10.1 Å². The molecule has 3 aromatic rings. The Morgan fingerprint density at radius 3 is 3.00 bits per heavy atom. The lowest BCUT2D eigenvalue weighted by Crippen LogP contribution is -2.14. The lowest BCUT2D eigenvalue weighted by molar-refractivity contribution is 0.302. The Kier molecular flexibility index (Phi) is 3.49. The Morgan fingerprint density at radius 2 is 2.17 bits per heavy atom. The fraction of sp³-hybridized carbons (Fsp3) is 0.250. The van der Waals surface area contributed by atoms with E-state index in [1.54, 1.807) is 0 Å². The van der Waals surface area contributed by atoms with Gasteiger partial charge in [0.05, 0.1) is 11.7 Å². The van der Waals surface area contributed by atoms with Crippen molar-refractivity contribution in [2.45, 2.75) is 26.0 Å². The average Bonchev–Trinajstić information content (AvgIpc) is 2.93. The van der Waals surface area contributed by atoms with Crippen LogP contribution in [-0.4, -0.2) is 25.1 Å². The summed E-state index contributed by atoms with van der Waals surface area (Å²) in [5.41, 5.74) is 2.61. The summed E-state index contributed by atoms with van der Waals surface area (Å²) in [5, 5.41) is 9.62. The third-order valence-corrected chi connectivity index (χ3v) is 4.02. The monoisotopic (exact) mass is 324 g/mol. The van der Waals surface area contributed by atoms with E-state index < -0.39 is 0 Å². The lowest BCUT2D eigenvalue weighted by atomic mass is 10.0. The van der Waals surface area contributed by atoms with Crippen molar-refractivity contribution in [2.24, 2.45) is 0 Å². The molecule has 1 aliphatic rings. The second-order valence-corrected chi connectivity index (χ2v) is 5.65. The third-order valence-electron chi connectivity index (χ3n) is 4.02. The molecule has 0 aliphatic carbocycles. The van der Waals surface area contributed by atoms with Crippen LogP contribution >= 0.6 is 0 Å². The maximum absolute atomic E-state index is 11.2. The molecule has 8 heteroatoms. The van der Waals surface area contributed by atoms with Crippen molar-refractivity contribution in [2.75, 3.05) is 5.32 Å². The Bertz CT molecular complexity index is 932. The van der Waals surface area contributed by atoms with Crippen molar-refractivity contribution < 1.29 is 4.74 Å². The van der Waals surface area contributed by atoms with Gasteiger partial charge in [0.15, 0.2) is 5.82 Å². The van der Waals surface area contributed by atoms with Crippen LogP contribution in [0.4, 0.5) is 5.82 Å². The highest BCUT2D eigenvalue weighted by Gasteiger charge is 2.20. The Balaban J connectivity index is 1.68. The van der Waals surface area contributed by atoms with Gasteiger partial charge in [-0.05, 0) is 18.6 Å². The molecular formula is C16H16N6O2. The van der Waals surface area contributed by atoms with Crippen LogP contribution in [0.5, 0.6) is 5.75 Å². The number of para-hydroxylation sites is 1. The number of benzene rings is 1. The number of aromatic nitrogens is 5. The van der Waals surface area contributed by atoms with Crippen molar-refractivity contribution in [3.05, 3.63) is 63.7 Å². The molecule has 0 spiro atoms. The Hall–Kier alpha value is -3.16. The normalized spacial score (nSPS) is 14.0. The van der Waals surface area contributed by atoms with Crippen molar-refractivity contribution in [1.29, 1.82) is 0 Å². The standard InChI is InChI=1S/C16H16N6O2/c1-9(14-20-16(23)22-21-14)19-15-11-6-10-4-2-3-5-13(10)24-7-12(11)17-8-18-15/h2-5,8-9H,6-7H2,1H3,(H,17,18,19)(H2,20,21,22,23)/t9-/m1/s1. The van der Waals surface area contributed by atoms with Crippen LogP contribution in [0.3, 0.4) is 0 Å². The van der Waals surface area contributed by atoms with E-state index in [0.717, 1.165) is 28.4 Å². The molecule has 122 valence electrons. The summed E-state index contributed by atoms with van der Waals surface area (Å²) >= 11 is 0. The first-order valence-electron chi connectivity index (χ1n) is 7.65. The van der Waals surface area contributed by atoms with Gasteiger partial charge in [0.2, 0.25) is 0 Å². The van der Waals surface area contributed by atoms with Gasteiger partial charge >= 0.3 is 5.69 Å².